The van der Waals surface area contributed by atoms with Gasteiger partial charge in [0.2, 0.25) is 11.8 Å². The Labute approximate surface area is 122 Å². The van der Waals surface area contributed by atoms with E-state index in [9.17, 15) is 28.0 Å². The third kappa shape index (κ3) is 2.92. The molecular formula is C13H10F2N2O5. The van der Waals surface area contributed by atoms with Crippen molar-refractivity contribution in [2.24, 2.45) is 0 Å². The van der Waals surface area contributed by atoms with Crippen LogP contribution in [0.2, 0.25) is 0 Å². The summed E-state index contributed by atoms with van der Waals surface area (Å²) in [5.74, 6) is -6.88. The summed E-state index contributed by atoms with van der Waals surface area (Å²) >= 11 is 0. The van der Waals surface area contributed by atoms with E-state index >= 15 is 0 Å². The van der Waals surface area contributed by atoms with Crippen LogP contribution in [0.1, 0.15) is 33.6 Å². The maximum absolute atomic E-state index is 13.7. The average Bonchev–Trinajstić information content (AvgIpc) is 2.43. The SMILES string of the molecule is O=C1CC[C@@H](NC(=O)c2c(F)ccc(F)c2C(=O)O)C(=O)N1. The lowest BCUT2D eigenvalue weighted by atomic mass is 10.0. The molecule has 1 fully saturated rings. The molecule has 1 aliphatic rings. The lowest BCUT2D eigenvalue weighted by Gasteiger charge is -2.22. The standard InChI is InChI=1S/C13H10F2N2O5/c14-5-1-2-6(15)10(13(21)22)9(5)12(20)16-7-3-4-8(18)17-11(7)19/h1-2,7H,3-4H2,(H,16,20)(H,21,22)(H,17,18,19)/t7-/m1/s1. The first kappa shape index (κ1) is 15.5. The Morgan fingerprint density at radius 3 is 2.32 bits per heavy atom. The van der Waals surface area contributed by atoms with Gasteiger partial charge < -0.3 is 10.4 Å². The van der Waals surface area contributed by atoms with E-state index < -0.39 is 52.5 Å². The fraction of sp³-hybridized carbons (Fsp3) is 0.231. The van der Waals surface area contributed by atoms with Crippen molar-refractivity contribution in [3.63, 3.8) is 0 Å². The van der Waals surface area contributed by atoms with Crippen LogP contribution in [-0.2, 0) is 9.59 Å². The predicted octanol–water partition coefficient (Wildman–Crippen LogP) is 0.198. The third-order valence-corrected chi connectivity index (χ3v) is 3.09. The highest BCUT2D eigenvalue weighted by molar-refractivity contribution is 6.08. The zero-order valence-electron chi connectivity index (χ0n) is 11.0. The van der Waals surface area contributed by atoms with Gasteiger partial charge in [-0.1, -0.05) is 0 Å². The number of piperidine rings is 1. The molecule has 3 amide bonds. The van der Waals surface area contributed by atoms with Gasteiger partial charge in [-0.05, 0) is 18.6 Å². The minimum atomic E-state index is -1.81. The second-order valence-electron chi connectivity index (χ2n) is 4.56. The summed E-state index contributed by atoms with van der Waals surface area (Å²) in [6, 6.07) is 0.0670. The van der Waals surface area contributed by atoms with E-state index in [2.05, 4.69) is 5.32 Å². The Bertz CT molecular complexity index is 689. The average molecular weight is 312 g/mol. The molecule has 0 unspecified atom stereocenters. The number of aromatic carboxylic acids is 1. The summed E-state index contributed by atoms with van der Waals surface area (Å²) in [5, 5.41) is 13.0. The van der Waals surface area contributed by atoms with Crippen molar-refractivity contribution in [1.29, 1.82) is 0 Å². The van der Waals surface area contributed by atoms with Gasteiger partial charge >= 0.3 is 5.97 Å². The van der Waals surface area contributed by atoms with Crippen molar-refractivity contribution in [1.82, 2.24) is 10.6 Å². The van der Waals surface area contributed by atoms with Gasteiger partial charge in [0.05, 0.1) is 5.56 Å². The topological polar surface area (TPSA) is 113 Å². The third-order valence-electron chi connectivity index (χ3n) is 3.09. The molecule has 0 aromatic heterocycles. The molecule has 2 rings (SSSR count). The summed E-state index contributed by atoms with van der Waals surface area (Å²) < 4.78 is 27.2. The van der Waals surface area contributed by atoms with Crippen LogP contribution < -0.4 is 10.6 Å². The molecule has 1 saturated heterocycles. The predicted molar refractivity (Wildman–Crippen MR) is 67.0 cm³/mol. The maximum atomic E-state index is 13.7. The number of hydrogen-bond donors (Lipinski definition) is 3. The Morgan fingerprint density at radius 2 is 1.77 bits per heavy atom. The number of carboxylic acids is 1. The van der Waals surface area contributed by atoms with Crippen molar-refractivity contribution in [2.45, 2.75) is 18.9 Å². The second kappa shape index (κ2) is 5.88. The molecule has 1 aromatic rings. The summed E-state index contributed by atoms with van der Waals surface area (Å²) in [6.07, 6.45) is -0.0517. The van der Waals surface area contributed by atoms with Gasteiger partial charge in [-0.15, -0.1) is 0 Å². The highest BCUT2D eigenvalue weighted by Gasteiger charge is 2.31. The van der Waals surface area contributed by atoms with Crippen LogP contribution in [0, 0.1) is 11.6 Å². The van der Waals surface area contributed by atoms with E-state index in [-0.39, 0.29) is 12.8 Å². The molecule has 0 spiro atoms. The zero-order valence-corrected chi connectivity index (χ0v) is 11.0. The molecule has 22 heavy (non-hydrogen) atoms. The zero-order chi connectivity index (χ0) is 16.4. The van der Waals surface area contributed by atoms with Crippen molar-refractivity contribution < 1.29 is 33.1 Å². The summed E-state index contributed by atoms with van der Waals surface area (Å²) in [6.45, 7) is 0. The van der Waals surface area contributed by atoms with Gasteiger partial charge in [0.25, 0.3) is 5.91 Å². The molecule has 1 aromatic carbocycles. The van der Waals surface area contributed by atoms with E-state index in [1.807, 2.05) is 5.32 Å². The van der Waals surface area contributed by atoms with Crippen LogP contribution in [0.15, 0.2) is 12.1 Å². The molecule has 7 nitrogen and oxygen atoms in total. The molecular weight excluding hydrogens is 302 g/mol. The normalized spacial score (nSPS) is 17.8. The Balaban J connectivity index is 2.30. The minimum absolute atomic E-state index is 0.0181. The van der Waals surface area contributed by atoms with Gasteiger partial charge in [-0.3, -0.25) is 19.7 Å². The molecule has 1 heterocycles. The first-order chi connectivity index (χ1) is 10.3. The summed E-state index contributed by atoms with van der Waals surface area (Å²) in [4.78, 5) is 45.5. The monoisotopic (exact) mass is 312 g/mol. The van der Waals surface area contributed by atoms with Crippen LogP contribution in [0.5, 0.6) is 0 Å². The van der Waals surface area contributed by atoms with Crippen molar-refractivity contribution in [3.05, 3.63) is 34.9 Å². The number of amides is 3. The smallest absolute Gasteiger partial charge is 0.339 e. The molecule has 0 radical (unpaired) electrons. The summed E-state index contributed by atoms with van der Waals surface area (Å²) in [5.41, 5.74) is -2.12. The van der Waals surface area contributed by atoms with Crippen molar-refractivity contribution in [2.75, 3.05) is 0 Å². The van der Waals surface area contributed by atoms with Gasteiger partial charge in [0.1, 0.15) is 23.2 Å². The molecule has 0 saturated carbocycles. The molecule has 1 aliphatic heterocycles. The van der Waals surface area contributed by atoms with Gasteiger partial charge in [0, 0.05) is 6.42 Å². The first-order valence-electron chi connectivity index (χ1n) is 6.17. The fourth-order valence-electron chi connectivity index (χ4n) is 2.04. The number of carboxylic acid groups (broad SMARTS) is 1. The Kier molecular flexibility index (Phi) is 4.15. The lowest BCUT2D eigenvalue weighted by molar-refractivity contribution is -0.134. The minimum Gasteiger partial charge on any atom is -0.478 e. The van der Waals surface area contributed by atoms with E-state index in [4.69, 9.17) is 5.11 Å². The number of carbonyl (C=O) groups is 4. The van der Waals surface area contributed by atoms with Crippen LogP contribution >= 0.6 is 0 Å². The number of hydrogen-bond acceptors (Lipinski definition) is 4. The molecule has 3 N–H and O–H groups in total. The maximum Gasteiger partial charge on any atom is 0.339 e. The first-order valence-corrected chi connectivity index (χ1v) is 6.17. The van der Waals surface area contributed by atoms with Crippen LogP contribution in [0.3, 0.4) is 0 Å². The lowest BCUT2D eigenvalue weighted by Crippen LogP contribution is -2.52. The number of nitrogens with one attached hydrogen (secondary N) is 2. The molecule has 0 bridgehead atoms. The molecule has 1 atom stereocenters. The summed E-state index contributed by atoms with van der Waals surface area (Å²) in [7, 11) is 0. The van der Waals surface area contributed by atoms with E-state index in [0.29, 0.717) is 12.1 Å². The molecule has 9 heteroatoms. The van der Waals surface area contributed by atoms with E-state index in [1.165, 1.54) is 0 Å². The van der Waals surface area contributed by atoms with Gasteiger partial charge in [-0.2, -0.15) is 0 Å². The number of rotatable bonds is 3. The number of halogens is 2. The quantitative estimate of drug-likeness (QED) is 0.690. The highest BCUT2D eigenvalue weighted by Crippen LogP contribution is 2.18. The van der Waals surface area contributed by atoms with Crippen LogP contribution in [0.4, 0.5) is 8.78 Å². The van der Waals surface area contributed by atoms with Gasteiger partial charge in [-0.25, -0.2) is 13.6 Å². The van der Waals surface area contributed by atoms with Crippen LogP contribution in [0.25, 0.3) is 0 Å². The van der Waals surface area contributed by atoms with Crippen LogP contribution in [-0.4, -0.2) is 34.8 Å². The number of benzene rings is 1. The highest BCUT2D eigenvalue weighted by atomic mass is 19.1. The Morgan fingerprint density at radius 1 is 1.18 bits per heavy atom. The Hall–Kier alpha value is -2.84. The largest absolute Gasteiger partial charge is 0.478 e. The van der Waals surface area contributed by atoms with Crippen molar-refractivity contribution >= 4 is 23.7 Å². The molecule has 116 valence electrons. The number of imide groups is 1. The van der Waals surface area contributed by atoms with E-state index in [0.717, 1.165) is 0 Å². The second-order valence-corrected chi connectivity index (χ2v) is 4.56. The fourth-order valence-corrected chi connectivity index (χ4v) is 2.04. The van der Waals surface area contributed by atoms with Crippen molar-refractivity contribution in [3.8, 4) is 0 Å². The number of carbonyl (C=O) groups excluding carboxylic acids is 3. The molecule has 0 aliphatic carbocycles. The van der Waals surface area contributed by atoms with Gasteiger partial charge in [0.15, 0.2) is 0 Å². The van der Waals surface area contributed by atoms with E-state index in [1.54, 1.807) is 0 Å².